The first-order valence-corrected chi connectivity index (χ1v) is 6.72. The summed E-state index contributed by atoms with van der Waals surface area (Å²) in [5.74, 6) is -0.959. The highest BCUT2D eigenvalue weighted by Crippen LogP contribution is 2.06. The van der Waals surface area contributed by atoms with E-state index in [9.17, 15) is 9.59 Å². The summed E-state index contributed by atoms with van der Waals surface area (Å²) in [6.07, 6.45) is 2.91. The van der Waals surface area contributed by atoms with Gasteiger partial charge in [0, 0.05) is 17.9 Å². The Balaban J connectivity index is 2.19. The van der Waals surface area contributed by atoms with Crippen molar-refractivity contribution in [2.45, 2.75) is 39.2 Å². The van der Waals surface area contributed by atoms with Gasteiger partial charge in [-0.05, 0) is 19.4 Å². The predicted molar refractivity (Wildman–Crippen MR) is 73.9 cm³/mol. The molecule has 0 saturated carbocycles. The Bertz CT molecular complexity index is 667. The number of aromatic nitrogens is 4. The minimum absolute atomic E-state index is 0.101. The zero-order chi connectivity index (χ0) is 15.4. The maximum Gasteiger partial charge on any atom is 0.305 e. The molecule has 0 radical (unpaired) electrons. The van der Waals surface area contributed by atoms with E-state index in [4.69, 9.17) is 5.11 Å². The standard InChI is InChI=1S/C13H17N5O3/c1-3-4-9(7-10(19)20)15-12(21)11-16-17-13-14-8(2)5-6-18(11)13/h5-6,9H,3-4,7H2,1-2H3,(H,15,21)(H,19,20)/t9-/m0/s1. The molecule has 0 bridgehead atoms. The van der Waals surface area contributed by atoms with Crippen LogP contribution in [0.1, 0.15) is 42.5 Å². The van der Waals surface area contributed by atoms with Crippen molar-refractivity contribution >= 4 is 17.7 Å². The minimum atomic E-state index is -0.947. The summed E-state index contributed by atoms with van der Waals surface area (Å²) < 4.78 is 1.48. The molecule has 21 heavy (non-hydrogen) atoms. The normalized spacial score (nSPS) is 12.3. The maximum atomic E-state index is 12.2. The second-order valence-corrected chi connectivity index (χ2v) is 4.82. The molecule has 1 atom stereocenters. The van der Waals surface area contributed by atoms with Crippen LogP contribution in [0.3, 0.4) is 0 Å². The Morgan fingerprint density at radius 1 is 1.43 bits per heavy atom. The second kappa shape index (κ2) is 6.29. The van der Waals surface area contributed by atoms with E-state index in [0.29, 0.717) is 12.2 Å². The van der Waals surface area contributed by atoms with Gasteiger partial charge in [-0.3, -0.25) is 14.0 Å². The van der Waals surface area contributed by atoms with Gasteiger partial charge in [-0.1, -0.05) is 13.3 Å². The number of rotatable bonds is 6. The summed E-state index contributed by atoms with van der Waals surface area (Å²) >= 11 is 0. The molecule has 0 aliphatic heterocycles. The summed E-state index contributed by atoms with van der Waals surface area (Å²) in [5.41, 5.74) is 0.775. The smallest absolute Gasteiger partial charge is 0.305 e. The summed E-state index contributed by atoms with van der Waals surface area (Å²) in [4.78, 5) is 27.2. The van der Waals surface area contributed by atoms with E-state index in [0.717, 1.165) is 12.1 Å². The average Bonchev–Trinajstić information content (AvgIpc) is 2.81. The second-order valence-electron chi connectivity index (χ2n) is 4.82. The zero-order valence-electron chi connectivity index (χ0n) is 11.9. The first kappa shape index (κ1) is 14.9. The number of fused-ring (bicyclic) bond motifs is 1. The van der Waals surface area contributed by atoms with Crippen molar-refractivity contribution in [2.24, 2.45) is 0 Å². The summed E-state index contributed by atoms with van der Waals surface area (Å²) in [7, 11) is 0. The van der Waals surface area contributed by atoms with Gasteiger partial charge < -0.3 is 10.4 Å². The van der Waals surface area contributed by atoms with Gasteiger partial charge in [0.25, 0.3) is 11.7 Å². The summed E-state index contributed by atoms with van der Waals surface area (Å²) in [6.45, 7) is 3.75. The van der Waals surface area contributed by atoms with E-state index in [1.54, 1.807) is 12.3 Å². The van der Waals surface area contributed by atoms with Crippen molar-refractivity contribution in [2.75, 3.05) is 0 Å². The van der Waals surface area contributed by atoms with Crippen molar-refractivity contribution in [1.29, 1.82) is 0 Å². The lowest BCUT2D eigenvalue weighted by Crippen LogP contribution is -2.37. The molecule has 0 aliphatic rings. The fourth-order valence-electron chi connectivity index (χ4n) is 2.06. The number of carbonyl (C=O) groups excluding carboxylic acids is 1. The number of nitrogens with one attached hydrogen (secondary N) is 1. The maximum absolute atomic E-state index is 12.2. The van der Waals surface area contributed by atoms with Gasteiger partial charge in [-0.15, -0.1) is 10.2 Å². The Hall–Kier alpha value is -2.51. The number of aliphatic carboxylic acids is 1. The van der Waals surface area contributed by atoms with Crippen LogP contribution >= 0.6 is 0 Å². The van der Waals surface area contributed by atoms with Crippen molar-refractivity contribution in [3.63, 3.8) is 0 Å². The number of nitrogens with zero attached hydrogens (tertiary/aromatic N) is 4. The SMILES string of the molecule is CCC[C@@H](CC(=O)O)NC(=O)c1nnc2nc(C)ccn12. The lowest BCUT2D eigenvalue weighted by atomic mass is 10.1. The lowest BCUT2D eigenvalue weighted by Gasteiger charge is -2.15. The molecule has 8 heteroatoms. The molecule has 2 aromatic heterocycles. The Morgan fingerprint density at radius 2 is 2.19 bits per heavy atom. The number of amides is 1. The van der Waals surface area contributed by atoms with Crippen LogP contribution in [0.25, 0.3) is 5.78 Å². The van der Waals surface area contributed by atoms with Crippen LogP contribution in [0.4, 0.5) is 0 Å². The molecule has 2 aromatic rings. The number of hydrogen-bond donors (Lipinski definition) is 2. The molecule has 2 heterocycles. The molecule has 0 spiro atoms. The van der Waals surface area contributed by atoms with E-state index in [1.807, 2.05) is 13.8 Å². The molecule has 0 saturated heterocycles. The Morgan fingerprint density at radius 3 is 2.86 bits per heavy atom. The molecule has 2 rings (SSSR count). The van der Waals surface area contributed by atoms with Crippen LogP contribution in [0.15, 0.2) is 12.3 Å². The van der Waals surface area contributed by atoms with E-state index >= 15 is 0 Å². The van der Waals surface area contributed by atoms with E-state index in [-0.39, 0.29) is 12.2 Å². The number of carboxylic acids is 1. The van der Waals surface area contributed by atoms with Crippen LogP contribution in [-0.4, -0.2) is 42.6 Å². The highest BCUT2D eigenvalue weighted by molar-refractivity contribution is 5.91. The molecule has 0 fully saturated rings. The van der Waals surface area contributed by atoms with E-state index in [1.165, 1.54) is 4.40 Å². The number of aryl methyl sites for hydroxylation is 1. The van der Waals surface area contributed by atoms with Gasteiger partial charge in [-0.2, -0.15) is 0 Å². The van der Waals surface area contributed by atoms with Crippen LogP contribution in [0.2, 0.25) is 0 Å². The largest absolute Gasteiger partial charge is 0.481 e. The van der Waals surface area contributed by atoms with E-state index in [2.05, 4.69) is 20.5 Å². The summed E-state index contributed by atoms with van der Waals surface area (Å²) in [6, 6.07) is 1.32. The van der Waals surface area contributed by atoms with Crippen LogP contribution in [-0.2, 0) is 4.79 Å². The fraction of sp³-hybridized carbons (Fsp3) is 0.462. The third kappa shape index (κ3) is 3.53. The van der Waals surface area contributed by atoms with Crippen molar-refractivity contribution in [3.8, 4) is 0 Å². The third-order valence-electron chi connectivity index (χ3n) is 3.02. The lowest BCUT2D eigenvalue weighted by molar-refractivity contribution is -0.137. The van der Waals surface area contributed by atoms with Crippen molar-refractivity contribution in [3.05, 3.63) is 23.8 Å². The zero-order valence-corrected chi connectivity index (χ0v) is 11.9. The summed E-state index contributed by atoms with van der Waals surface area (Å²) in [5, 5.41) is 19.2. The van der Waals surface area contributed by atoms with Crippen LogP contribution in [0, 0.1) is 6.92 Å². The van der Waals surface area contributed by atoms with E-state index < -0.39 is 17.9 Å². The number of hydrogen-bond acceptors (Lipinski definition) is 5. The highest BCUT2D eigenvalue weighted by Gasteiger charge is 2.20. The Kier molecular flexibility index (Phi) is 4.46. The van der Waals surface area contributed by atoms with Gasteiger partial charge >= 0.3 is 5.97 Å². The van der Waals surface area contributed by atoms with Gasteiger partial charge in [-0.25, -0.2) is 4.98 Å². The van der Waals surface area contributed by atoms with Crippen LogP contribution < -0.4 is 5.32 Å². The minimum Gasteiger partial charge on any atom is -0.481 e. The topological polar surface area (TPSA) is 109 Å². The molecule has 8 nitrogen and oxygen atoms in total. The molecule has 0 aliphatic carbocycles. The molecule has 0 aromatic carbocycles. The molecule has 112 valence electrons. The average molecular weight is 291 g/mol. The predicted octanol–water partition coefficient (Wildman–Crippen LogP) is 0.806. The molecular formula is C13H17N5O3. The first-order valence-electron chi connectivity index (χ1n) is 6.72. The monoisotopic (exact) mass is 291 g/mol. The fourth-order valence-corrected chi connectivity index (χ4v) is 2.06. The molecule has 1 amide bonds. The van der Waals surface area contributed by atoms with Gasteiger partial charge in [0.1, 0.15) is 0 Å². The van der Waals surface area contributed by atoms with Gasteiger partial charge in [0.15, 0.2) is 0 Å². The third-order valence-corrected chi connectivity index (χ3v) is 3.02. The highest BCUT2D eigenvalue weighted by atomic mass is 16.4. The number of carboxylic acid groups (broad SMARTS) is 1. The van der Waals surface area contributed by atoms with Crippen molar-refractivity contribution < 1.29 is 14.7 Å². The molecule has 0 unspecified atom stereocenters. The first-order chi connectivity index (χ1) is 10.0. The Labute approximate surface area is 121 Å². The quantitative estimate of drug-likeness (QED) is 0.815. The van der Waals surface area contributed by atoms with Crippen LogP contribution in [0.5, 0.6) is 0 Å². The molecule has 2 N–H and O–H groups in total. The van der Waals surface area contributed by atoms with Crippen molar-refractivity contribution in [1.82, 2.24) is 24.9 Å². The molecular weight excluding hydrogens is 274 g/mol. The number of carbonyl (C=O) groups is 2. The van der Waals surface area contributed by atoms with Gasteiger partial charge in [0.2, 0.25) is 5.82 Å². The van der Waals surface area contributed by atoms with Gasteiger partial charge in [0.05, 0.1) is 6.42 Å².